The first-order valence-electron chi connectivity index (χ1n) is 3.41. The molecule has 0 aliphatic carbocycles. The number of anilines is 1. The monoisotopic (exact) mass is 325 g/mol. The van der Waals surface area contributed by atoms with E-state index >= 15 is 0 Å². The van der Waals surface area contributed by atoms with Gasteiger partial charge in [0.25, 0.3) is 0 Å². The van der Waals surface area contributed by atoms with Crippen LogP contribution in [0.3, 0.4) is 0 Å². The van der Waals surface area contributed by atoms with Crippen molar-refractivity contribution in [2.24, 2.45) is 0 Å². The van der Waals surface area contributed by atoms with E-state index in [1.807, 2.05) is 18.2 Å². The van der Waals surface area contributed by atoms with Crippen LogP contribution in [0.25, 0.3) is 0 Å². The van der Waals surface area contributed by atoms with Gasteiger partial charge in [-0.05, 0) is 55.6 Å². The quantitative estimate of drug-likeness (QED) is 0.564. The zero-order valence-electron chi connectivity index (χ0n) is 6.72. The largest absolute Gasteiger partial charge is 0.320 e. The third-order valence-electron chi connectivity index (χ3n) is 1.54. The minimum absolute atomic E-state index is 0.521. The average Bonchev–Trinajstić information content (AvgIpc) is 2.03. The van der Waals surface area contributed by atoms with Gasteiger partial charge < -0.3 is 0 Å². The predicted molar refractivity (Wildman–Crippen MR) is 61.5 cm³/mol. The Labute approximate surface area is 98.1 Å². The van der Waals surface area contributed by atoms with Gasteiger partial charge >= 0.3 is 5.37 Å². The number of halogens is 3. The Morgan fingerprint density at radius 2 is 1.85 bits per heavy atom. The van der Waals surface area contributed by atoms with Crippen molar-refractivity contribution < 1.29 is 4.79 Å². The van der Waals surface area contributed by atoms with E-state index in [-0.39, 0.29) is 0 Å². The molecule has 70 valence electrons. The van der Waals surface area contributed by atoms with Crippen molar-refractivity contribution >= 4 is 54.5 Å². The zero-order chi connectivity index (χ0) is 10.0. The molecule has 1 aromatic carbocycles. The van der Waals surface area contributed by atoms with Gasteiger partial charge in [-0.15, -0.1) is 0 Å². The molecule has 0 aliphatic heterocycles. The molecule has 5 heteroatoms. The van der Waals surface area contributed by atoms with Gasteiger partial charge in [0.2, 0.25) is 0 Å². The molecule has 0 heterocycles. The number of hydrogen-bond acceptors (Lipinski definition) is 1. The molecule has 0 N–H and O–H groups in total. The summed E-state index contributed by atoms with van der Waals surface area (Å²) in [7, 11) is 1.61. The van der Waals surface area contributed by atoms with Crippen molar-refractivity contribution in [3.05, 3.63) is 27.1 Å². The Morgan fingerprint density at radius 3 is 2.23 bits per heavy atom. The van der Waals surface area contributed by atoms with E-state index in [0.29, 0.717) is 0 Å². The summed E-state index contributed by atoms with van der Waals surface area (Å²) in [5.41, 5.74) is 0.725. The zero-order valence-corrected chi connectivity index (χ0v) is 10.6. The third-order valence-corrected chi connectivity index (χ3v) is 3.07. The molecule has 0 saturated heterocycles. The summed E-state index contributed by atoms with van der Waals surface area (Å²) < 4.78 is 1.64. The van der Waals surface area contributed by atoms with E-state index in [4.69, 9.17) is 11.6 Å². The molecule has 0 bridgehead atoms. The summed E-state index contributed by atoms with van der Waals surface area (Å²) in [5, 5.41) is -0.521. The summed E-state index contributed by atoms with van der Waals surface area (Å²) in [6.07, 6.45) is 0. The van der Waals surface area contributed by atoms with Gasteiger partial charge in [0.15, 0.2) is 0 Å². The second-order valence-corrected chi connectivity index (χ2v) is 4.41. The molecule has 0 fully saturated rings. The molecule has 1 rings (SSSR count). The molecule has 0 radical (unpaired) electrons. The Hall–Kier alpha value is -0.0600. The van der Waals surface area contributed by atoms with E-state index in [0.717, 1.165) is 14.6 Å². The molecule has 2 nitrogen and oxygen atoms in total. The standard InChI is InChI=1S/C8H6Br2ClNO/c1-12(8(11)13)7-5(9)3-2-4-6(7)10/h2-4H,1H3. The molecule has 0 atom stereocenters. The second kappa shape index (κ2) is 4.44. The predicted octanol–water partition coefficient (Wildman–Crippen LogP) is 4.01. The fourth-order valence-corrected chi connectivity index (χ4v) is 2.51. The van der Waals surface area contributed by atoms with Gasteiger partial charge in [0.1, 0.15) is 0 Å². The minimum atomic E-state index is -0.521. The van der Waals surface area contributed by atoms with Crippen molar-refractivity contribution in [3.8, 4) is 0 Å². The molecule has 0 spiro atoms. The van der Waals surface area contributed by atoms with Crippen LogP contribution in [0.15, 0.2) is 27.1 Å². The normalized spacial score (nSPS) is 9.85. The van der Waals surface area contributed by atoms with Crippen molar-refractivity contribution in [1.82, 2.24) is 0 Å². The Morgan fingerprint density at radius 1 is 1.38 bits per heavy atom. The number of rotatable bonds is 1. The van der Waals surface area contributed by atoms with Crippen LogP contribution in [0.1, 0.15) is 0 Å². The molecule has 1 aromatic rings. The van der Waals surface area contributed by atoms with Crippen LogP contribution in [0.5, 0.6) is 0 Å². The summed E-state index contributed by atoms with van der Waals surface area (Å²) in [5.74, 6) is 0. The number of hydrogen-bond donors (Lipinski definition) is 0. The lowest BCUT2D eigenvalue weighted by molar-refractivity contribution is 0.265. The van der Waals surface area contributed by atoms with Crippen LogP contribution in [0.2, 0.25) is 0 Å². The van der Waals surface area contributed by atoms with E-state index in [1.165, 1.54) is 4.90 Å². The Balaban J connectivity index is 3.20. The first-order valence-corrected chi connectivity index (χ1v) is 5.37. The SMILES string of the molecule is CN(C(=O)Cl)c1c(Br)cccc1Br. The summed E-state index contributed by atoms with van der Waals surface area (Å²) in [6, 6.07) is 5.55. The third kappa shape index (κ3) is 2.45. The lowest BCUT2D eigenvalue weighted by atomic mass is 10.3. The van der Waals surface area contributed by atoms with Gasteiger partial charge in [-0.1, -0.05) is 6.07 Å². The van der Waals surface area contributed by atoms with Crippen LogP contribution in [0, 0.1) is 0 Å². The van der Waals surface area contributed by atoms with Gasteiger partial charge in [-0.2, -0.15) is 0 Å². The maximum Gasteiger partial charge on any atom is 0.320 e. The van der Waals surface area contributed by atoms with Crippen LogP contribution in [-0.4, -0.2) is 12.4 Å². The van der Waals surface area contributed by atoms with Crippen LogP contribution in [-0.2, 0) is 0 Å². The average molecular weight is 327 g/mol. The number of benzene rings is 1. The van der Waals surface area contributed by atoms with Crippen LogP contribution in [0.4, 0.5) is 10.5 Å². The molecule has 0 unspecified atom stereocenters. The van der Waals surface area contributed by atoms with Crippen molar-refractivity contribution in [3.63, 3.8) is 0 Å². The van der Waals surface area contributed by atoms with Crippen LogP contribution >= 0.6 is 43.5 Å². The molecular formula is C8H6Br2ClNO. The fraction of sp³-hybridized carbons (Fsp3) is 0.125. The Kier molecular flexibility index (Phi) is 3.76. The topological polar surface area (TPSA) is 20.3 Å². The lowest BCUT2D eigenvalue weighted by Gasteiger charge is -2.16. The number of para-hydroxylation sites is 1. The first kappa shape index (κ1) is 11.0. The molecule has 1 amide bonds. The van der Waals surface area contributed by atoms with Gasteiger partial charge in [0.05, 0.1) is 5.69 Å². The van der Waals surface area contributed by atoms with Crippen molar-refractivity contribution in [2.45, 2.75) is 0 Å². The van der Waals surface area contributed by atoms with Crippen molar-refractivity contribution in [2.75, 3.05) is 11.9 Å². The lowest BCUT2D eigenvalue weighted by Crippen LogP contribution is -2.20. The highest BCUT2D eigenvalue weighted by atomic mass is 79.9. The van der Waals surface area contributed by atoms with Gasteiger partial charge in [-0.25, -0.2) is 0 Å². The summed E-state index contributed by atoms with van der Waals surface area (Å²) in [4.78, 5) is 12.3. The first-order chi connectivity index (χ1) is 6.04. The fourth-order valence-electron chi connectivity index (χ4n) is 0.897. The number of carbonyl (C=O) groups is 1. The second-order valence-electron chi connectivity index (χ2n) is 2.38. The maximum atomic E-state index is 10.9. The van der Waals surface area contributed by atoms with E-state index in [9.17, 15) is 4.79 Å². The molecule has 13 heavy (non-hydrogen) atoms. The molecule has 0 aliphatic rings. The van der Waals surface area contributed by atoms with E-state index in [2.05, 4.69) is 31.9 Å². The Bertz CT molecular complexity index is 323. The molecule has 0 saturated carbocycles. The molecule has 0 aromatic heterocycles. The maximum absolute atomic E-state index is 10.9. The van der Waals surface area contributed by atoms with E-state index in [1.54, 1.807) is 7.05 Å². The van der Waals surface area contributed by atoms with Crippen LogP contribution < -0.4 is 4.90 Å². The number of carbonyl (C=O) groups excluding carboxylic acids is 1. The molecular weight excluding hydrogens is 321 g/mol. The summed E-state index contributed by atoms with van der Waals surface area (Å²) >= 11 is 12.0. The number of amides is 1. The highest BCUT2D eigenvalue weighted by Gasteiger charge is 2.13. The van der Waals surface area contributed by atoms with Crippen molar-refractivity contribution in [1.29, 1.82) is 0 Å². The van der Waals surface area contributed by atoms with Gasteiger partial charge in [-0.3, -0.25) is 9.69 Å². The highest BCUT2D eigenvalue weighted by molar-refractivity contribution is 9.11. The number of nitrogens with zero attached hydrogens (tertiary/aromatic N) is 1. The van der Waals surface area contributed by atoms with Gasteiger partial charge in [0, 0.05) is 16.0 Å². The minimum Gasteiger partial charge on any atom is -0.300 e. The smallest absolute Gasteiger partial charge is 0.300 e. The van der Waals surface area contributed by atoms with E-state index < -0.39 is 5.37 Å². The highest BCUT2D eigenvalue weighted by Crippen LogP contribution is 2.33. The summed E-state index contributed by atoms with van der Waals surface area (Å²) in [6.45, 7) is 0.